The zero-order chi connectivity index (χ0) is 20.4. The molecule has 0 aliphatic carbocycles. The Balaban J connectivity index is 1.56. The van der Waals surface area contributed by atoms with E-state index in [0.717, 1.165) is 12.0 Å². The van der Waals surface area contributed by atoms with Gasteiger partial charge in [-0.2, -0.15) is 0 Å². The van der Waals surface area contributed by atoms with E-state index in [1.165, 1.54) is 21.9 Å². The van der Waals surface area contributed by atoms with Gasteiger partial charge in [0.25, 0.3) is 11.5 Å². The van der Waals surface area contributed by atoms with Gasteiger partial charge in [-0.1, -0.05) is 30.3 Å². The van der Waals surface area contributed by atoms with Crippen LogP contribution in [0.2, 0.25) is 0 Å². The fourth-order valence-electron chi connectivity index (χ4n) is 3.08. The van der Waals surface area contributed by atoms with Crippen molar-refractivity contribution in [1.29, 1.82) is 0 Å². The van der Waals surface area contributed by atoms with E-state index in [9.17, 15) is 14.4 Å². The predicted molar refractivity (Wildman–Crippen MR) is 111 cm³/mol. The number of nitrogens with one attached hydrogen (secondary N) is 1. The lowest BCUT2D eigenvalue weighted by atomic mass is 10.1. The van der Waals surface area contributed by atoms with Crippen LogP contribution in [-0.4, -0.2) is 15.3 Å². The summed E-state index contributed by atoms with van der Waals surface area (Å²) in [5, 5.41) is 4.20. The number of hydrogen-bond acceptors (Lipinski definition) is 6. The van der Waals surface area contributed by atoms with Crippen LogP contribution in [0.3, 0.4) is 0 Å². The highest BCUT2D eigenvalue weighted by Gasteiger charge is 2.19. The minimum atomic E-state index is -0.727. The van der Waals surface area contributed by atoms with E-state index in [0.29, 0.717) is 22.7 Å². The van der Waals surface area contributed by atoms with Crippen LogP contribution >= 0.6 is 11.3 Å². The topological polar surface area (TPSA) is 93.7 Å². The van der Waals surface area contributed by atoms with Crippen LogP contribution in [0.25, 0.3) is 4.96 Å². The average Bonchev–Trinajstić information content (AvgIpc) is 3.18. The van der Waals surface area contributed by atoms with E-state index < -0.39 is 17.1 Å². The predicted octanol–water partition coefficient (Wildman–Crippen LogP) is 3.06. The van der Waals surface area contributed by atoms with Gasteiger partial charge in [-0.3, -0.25) is 14.0 Å². The van der Waals surface area contributed by atoms with Crippen molar-refractivity contribution in [2.24, 2.45) is 0 Å². The Kier molecular flexibility index (Phi) is 5.09. The first kappa shape index (κ1) is 18.8. The monoisotopic (exact) mass is 407 g/mol. The Hall–Kier alpha value is -3.52. The highest BCUT2D eigenvalue weighted by Crippen LogP contribution is 2.13. The number of benzene rings is 1. The second-order valence-corrected chi connectivity index (χ2v) is 7.40. The molecule has 0 spiro atoms. The van der Waals surface area contributed by atoms with Gasteiger partial charge >= 0.3 is 5.63 Å². The van der Waals surface area contributed by atoms with Crippen LogP contribution in [0.15, 0.2) is 68.2 Å². The van der Waals surface area contributed by atoms with Gasteiger partial charge in [0.15, 0.2) is 4.96 Å². The molecule has 0 unspecified atom stereocenters. The van der Waals surface area contributed by atoms with Crippen LogP contribution in [-0.2, 0) is 12.8 Å². The van der Waals surface area contributed by atoms with Crippen molar-refractivity contribution in [3.05, 3.63) is 97.4 Å². The maximum absolute atomic E-state index is 12.6. The molecule has 0 aliphatic rings. The summed E-state index contributed by atoms with van der Waals surface area (Å²) in [5.41, 5.74) is 0.361. The Labute approximate surface area is 169 Å². The van der Waals surface area contributed by atoms with Gasteiger partial charge in [-0.15, -0.1) is 11.3 Å². The third kappa shape index (κ3) is 3.88. The molecule has 0 saturated heterocycles. The number of carbonyl (C=O) groups is 1. The van der Waals surface area contributed by atoms with Crippen molar-refractivity contribution < 1.29 is 9.21 Å². The molecule has 8 heteroatoms. The number of thiazole rings is 1. The van der Waals surface area contributed by atoms with Crippen molar-refractivity contribution >= 4 is 27.9 Å². The summed E-state index contributed by atoms with van der Waals surface area (Å²) in [4.78, 5) is 42.1. The number of hydrogen-bond donors (Lipinski definition) is 1. The summed E-state index contributed by atoms with van der Waals surface area (Å²) in [6.07, 6.45) is 4.13. The molecule has 4 aromatic rings. The van der Waals surface area contributed by atoms with Gasteiger partial charge in [0, 0.05) is 18.0 Å². The Morgan fingerprint density at radius 2 is 2.00 bits per heavy atom. The fourth-order valence-corrected chi connectivity index (χ4v) is 3.75. The molecule has 1 amide bonds. The standard InChI is InChI=1S/C21H17N3O4S/c1-13-11-15(8-7-14-5-3-2-4-6-14)28-20(27)17(13)18(25)23-16-12-22-21-24(19(16)26)9-10-29-21/h2-6,9-12H,7-8H2,1H3,(H,23,25). The van der Waals surface area contributed by atoms with Gasteiger partial charge in [0.2, 0.25) is 0 Å². The molecule has 7 nitrogen and oxygen atoms in total. The van der Waals surface area contributed by atoms with Gasteiger partial charge in [-0.25, -0.2) is 9.78 Å². The molecule has 3 aromatic heterocycles. The maximum atomic E-state index is 12.6. The second-order valence-electron chi connectivity index (χ2n) is 6.53. The molecule has 0 saturated carbocycles. The van der Waals surface area contributed by atoms with Gasteiger partial charge in [0.05, 0.1) is 6.20 Å². The number of anilines is 1. The van der Waals surface area contributed by atoms with E-state index in [4.69, 9.17) is 4.42 Å². The van der Waals surface area contributed by atoms with Crippen LogP contribution in [0.1, 0.15) is 27.2 Å². The van der Waals surface area contributed by atoms with Crippen LogP contribution < -0.4 is 16.5 Å². The van der Waals surface area contributed by atoms with E-state index in [-0.39, 0.29) is 11.3 Å². The lowest BCUT2D eigenvalue weighted by Crippen LogP contribution is -2.27. The normalized spacial score (nSPS) is 10.9. The first-order valence-electron chi connectivity index (χ1n) is 8.96. The lowest BCUT2D eigenvalue weighted by molar-refractivity contribution is 0.102. The van der Waals surface area contributed by atoms with Crippen molar-refractivity contribution in [1.82, 2.24) is 9.38 Å². The maximum Gasteiger partial charge on any atom is 0.349 e. The zero-order valence-corrected chi connectivity index (χ0v) is 16.4. The molecule has 0 atom stereocenters. The smallest absolute Gasteiger partial charge is 0.349 e. The quantitative estimate of drug-likeness (QED) is 0.549. The first-order chi connectivity index (χ1) is 14.0. The summed E-state index contributed by atoms with van der Waals surface area (Å²) in [6.45, 7) is 1.67. The van der Waals surface area contributed by atoms with Crippen molar-refractivity contribution in [3.63, 3.8) is 0 Å². The number of carbonyl (C=O) groups excluding carboxylic acids is 1. The van der Waals surface area contributed by atoms with Gasteiger partial charge < -0.3 is 9.73 Å². The number of aromatic nitrogens is 2. The molecule has 0 radical (unpaired) electrons. The third-order valence-electron chi connectivity index (χ3n) is 4.52. The minimum Gasteiger partial charge on any atom is -0.427 e. The summed E-state index contributed by atoms with van der Waals surface area (Å²) >= 11 is 1.31. The van der Waals surface area contributed by atoms with Crippen molar-refractivity contribution in [2.75, 3.05) is 5.32 Å². The van der Waals surface area contributed by atoms with Crippen LogP contribution in [0, 0.1) is 6.92 Å². The number of amides is 1. The Morgan fingerprint density at radius 1 is 1.21 bits per heavy atom. The highest BCUT2D eigenvalue weighted by atomic mass is 32.1. The minimum absolute atomic E-state index is 0.00199. The zero-order valence-electron chi connectivity index (χ0n) is 15.5. The van der Waals surface area contributed by atoms with E-state index in [1.807, 2.05) is 30.3 Å². The van der Waals surface area contributed by atoms with E-state index in [1.54, 1.807) is 24.6 Å². The molecule has 0 bridgehead atoms. The van der Waals surface area contributed by atoms with Crippen molar-refractivity contribution in [2.45, 2.75) is 19.8 Å². The summed E-state index contributed by atoms with van der Waals surface area (Å²) in [6, 6.07) is 11.5. The number of rotatable bonds is 5. The number of aryl methyl sites for hydroxylation is 3. The first-order valence-corrected chi connectivity index (χ1v) is 9.84. The van der Waals surface area contributed by atoms with E-state index in [2.05, 4.69) is 10.3 Å². The van der Waals surface area contributed by atoms with Gasteiger partial charge in [-0.05, 0) is 30.5 Å². The molecular weight excluding hydrogens is 390 g/mol. The largest absolute Gasteiger partial charge is 0.427 e. The van der Waals surface area contributed by atoms with E-state index >= 15 is 0 Å². The molecule has 1 aromatic carbocycles. The van der Waals surface area contributed by atoms with Gasteiger partial charge in [0.1, 0.15) is 17.0 Å². The molecule has 0 aliphatic heterocycles. The Morgan fingerprint density at radius 3 is 2.76 bits per heavy atom. The number of fused-ring (bicyclic) bond motifs is 1. The van der Waals surface area contributed by atoms with Crippen LogP contribution in [0.4, 0.5) is 5.69 Å². The summed E-state index contributed by atoms with van der Waals surface area (Å²) in [7, 11) is 0. The lowest BCUT2D eigenvalue weighted by Gasteiger charge is -2.08. The third-order valence-corrected chi connectivity index (χ3v) is 5.29. The Bertz CT molecular complexity index is 1310. The highest BCUT2D eigenvalue weighted by molar-refractivity contribution is 7.15. The van der Waals surface area contributed by atoms with Crippen LogP contribution in [0.5, 0.6) is 0 Å². The second kappa shape index (κ2) is 7.84. The average molecular weight is 407 g/mol. The molecule has 146 valence electrons. The molecule has 3 heterocycles. The summed E-state index contributed by atoms with van der Waals surface area (Å²) in [5.74, 6) is -0.186. The molecule has 4 rings (SSSR count). The van der Waals surface area contributed by atoms with Crippen molar-refractivity contribution in [3.8, 4) is 0 Å². The molecule has 29 heavy (non-hydrogen) atoms. The molecular formula is C21H17N3O4S. The SMILES string of the molecule is Cc1cc(CCc2ccccc2)oc(=O)c1C(=O)Nc1cnc2sccn2c1=O. The summed E-state index contributed by atoms with van der Waals surface area (Å²) < 4.78 is 6.68. The fraction of sp³-hybridized carbons (Fsp3) is 0.143. The number of nitrogens with zero attached hydrogens (tertiary/aromatic N) is 2. The molecule has 0 fully saturated rings. The molecule has 1 N–H and O–H groups in total.